The Hall–Kier alpha value is -1.83. The van der Waals surface area contributed by atoms with Crippen molar-refractivity contribution in [2.75, 3.05) is 0 Å². The first-order valence-electron chi connectivity index (χ1n) is 3.86. The monoisotopic (exact) mass is 219 g/mol. The number of rotatable bonds is 3. The van der Waals surface area contributed by atoms with Crippen LogP contribution in [0.3, 0.4) is 0 Å². The molecule has 1 heterocycles. The van der Waals surface area contributed by atoms with Gasteiger partial charge in [0.15, 0.2) is 0 Å². The summed E-state index contributed by atoms with van der Waals surface area (Å²) >= 11 is 0. The maximum atomic E-state index is 12.4. The zero-order chi connectivity index (χ0) is 11.6. The van der Waals surface area contributed by atoms with Gasteiger partial charge >= 0.3 is 11.2 Å². The molecule has 0 unspecified atom stereocenters. The number of nitrogens with two attached hydrogens (primary N) is 1. The van der Waals surface area contributed by atoms with Crippen LogP contribution in [0.25, 0.3) is 0 Å². The first-order valence-corrected chi connectivity index (χ1v) is 3.86. The summed E-state index contributed by atoms with van der Waals surface area (Å²) in [6, 6.07) is 0. The zero-order valence-corrected chi connectivity index (χ0v) is 7.37. The topological polar surface area (TPSA) is 102 Å². The van der Waals surface area contributed by atoms with Crippen LogP contribution in [-0.2, 0) is 6.54 Å². The van der Waals surface area contributed by atoms with Crippen LogP contribution < -0.4 is 11.3 Å². The summed E-state index contributed by atoms with van der Waals surface area (Å²) in [5.41, 5.74) is 2.09. The summed E-state index contributed by atoms with van der Waals surface area (Å²) in [5, 5.41) is 10.5. The van der Waals surface area contributed by atoms with Crippen molar-refractivity contribution in [1.29, 1.82) is 0 Å². The smallest absolute Gasteiger partial charge is 0.326 e. The number of H-pyrrole nitrogens is 1. The van der Waals surface area contributed by atoms with Crippen LogP contribution in [0.15, 0.2) is 11.0 Å². The molecule has 6 nitrogen and oxygen atoms in total. The van der Waals surface area contributed by atoms with Crippen LogP contribution in [0.2, 0.25) is 0 Å². The highest BCUT2D eigenvalue weighted by Gasteiger charge is 2.25. The number of aromatic nitrogens is 1. The number of halogens is 2. The Morgan fingerprint density at radius 1 is 1.60 bits per heavy atom. The van der Waals surface area contributed by atoms with Crippen molar-refractivity contribution in [3.8, 4) is 0 Å². The largest absolute Gasteiger partial charge is 0.338 e. The van der Waals surface area contributed by atoms with Gasteiger partial charge in [-0.1, -0.05) is 0 Å². The molecule has 1 rings (SSSR count). The van der Waals surface area contributed by atoms with Crippen LogP contribution in [0, 0.1) is 10.1 Å². The highest BCUT2D eigenvalue weighted by molar-refractivity contribution is 5.43. The molecular weight excluding hydrogens is 212 g/mol. The molecule has 0 spiro atoms. The fraction of sp³-hybridized carbons (Fsp3) is 0.286. The van der Waals surface area contributed by atoms with E-state index in [1.54, 1.807) is 0 Å². The Kier molecular flexibility index (Phi) is 3.10. The third-order valence-corrected chi connectivity index (χ3v) is 1.83. The first kappa shape index (κ1) is 11.2. The molecule has 0 radical (unpaired) electrons. The van der Waals surface area contributed by atoms with Crippen LogP contribution in [-0.4, -0.2) is 9.91 Å². The maximum absolute atomic E-state index is 12.4. The van der Waals surface area contributed by atoms with Crippen molar-refractivity contribution >= 4 is 5.69 Å². The van der Waals surface area contributed by atoms with Crippen molar-refractivity contribution in [2.24, 2.45) is 5.73 Å². The molecule has 0 atom stereocenters. The quantitative estimate of drug-likeness (QED) is 0.576. The molecule has 0 fully saturated rings. The average molecular weight is 219 g/mol. The summed E-state index contributed by atoms with van der Waals surface area (Å²) in [6.45, 7) is -0.486. The second kappa shape index (κ2) is 4.13. The first-order chi connectivity index (χ1) is 6.99. The van der Waals surface area contributed by atoms with Gasteiger partial charge in [0.05, 0.1) is 10.5 Å². The van der Waals surface area contributed by atoms with E-state index in [9.17, 15) is 23.7 Å². The van der Waals surface area contributed by atoms with E-state index in [1.165, 1.54) is 0 Å². The molecule has 0 bridgehead atoms. The standard InChI is InChI=1S/C7H7F2N3O3/c8-6(9)4-2-11-7(13)5(12(14)15)3(4)1-10/h2,6H,1,10H2,(H,11,13). The third-order valence-electron chi connectivity index (χ3n) is 1.83. The van der Waals surface area contributed by atoms with Gasteiger partial charge in [0.2, 0.25) is 0 Å². The minimum atomic E-state index is -2.92. The summed E-state index contributed by atoms with van der Waals surface area (Å²) in [5.74, 6) is 0. The highest BCUT2D eigenvalue weighted by atomic mass is 19.3. The number of hydrogen-bond acceptors (Lipinski definition) is 4. The normalized spacial score (nSPS) is 10.7. The molecular formula is C7H7F2N3O3. The van der Waals surface area contributed by atoms with Crippen molar-refractivity contribution in [3.05, 3.63) is 37.8 Å². The molecule has 82 valence electrons. The number of pyridine rings is 1. The van der Waals surface area contributed by atoms with E-state index in [1.807, 2.05) is 4.98 Å². The maximum Gasteiger partial charge on any atom is 0.338 e. The molecule has 15 heavy (non-hydrogen) atoms. The lowest BCUT2D eigenvalue weighted by molar-refractivity contribution is -0.387. The molecule has 1 aromatic heterocycles. The van der Waals surface area contributed by atoms with E-state index in [4.69, 9.17) is 5.73 Å². The molecule has 8 heteroatoms. The van der Waals surface area contributed by atoms with E-state index < -0.39 is 40.3 Å². The molecule has 0 amide bonds. The summed E-state index contributed by atoms with van der Waals surface area (Å²) < 4.78 is 24.8. The van der Waals surface area contributed by atoms with E-state index in [-0.39, 0.29) is 0 Å². The fourth-order valence-electron chi connectivity index (χ4n) is 1.17. The van der Waals surface area contributed by atoms with Crippen molar-refractivity contribution < 1.29 is 13.7 Å². The molecule has 0 saturated heterocycles. The zero-order valence-electron chi connectivity index (χ0n) is 7.37. The number of nitrogens with one attached hydrogen (secondary N) is 1. The molecule has 0 aliphatic heterocycles. The fourth-order valence-corrected chi connectivity index (χ4v) is 1.17. The Morgan fingerprint density at radius 3 is 2.60 bits per heavy atom. The lowest BCUT2D eigenvalue weighted by Crippen LogP contribution is -2.18. The second-order valence-corrected chi connectivity index (χ2v) is 2.66. The number of nitrogens with zero attached hydrogens (tertiary/aromatic N) is 1. The van der Waals surface area contributed by atoms with Crippen molar-refractivity contribution in [3.63, 3.8) is 0 Å². The molecule has 0 aromatic carbocycles. The second-order valence-electron chi connectivity index (χ2n) is 2.66. The Morgan fingerprint density at radius 2 is 2.20 bits per heavy atom. The molecule has 0 aliphatic carbocycles. The lowest BCUT2D eigenvalue weighted by Gasteiger charge is -2.05. The molecule has 0 aliphatic rings. The third kappa shape index (κ3) is 1.99. The van der Waals surface area contributed by atoms with E-state index in [0.29, 0.717) is 0 Å². The predicted molar refractivity (Wildman–Crippen MR) is 46.6 cm³/mol. The number of hydrogen-bond donors (Lipinski definition) is 2. The van der Waals surface area contributed by atoms with Crippen LogP contribution >= 0.6 is 0 Å². The Bertz CT molecular complexity index is 444. The summed E-state index contributed by atoms with van der Waals surface area (Å²) in [6.07, 6.45) is -2.18. The van der Waals surface area contributed by atoms with Gasteiger partial charge in [0.1, 0.15) is 0 Å². The van der Waals surface area contributed by atoms with Gasteiger partial charge in [-0.15, -0.1) is 0 Å². The Balaban J connectivity index is 3.54. The van der Waals surface area contributed by atoms with Gasteiger partial charge < -0.3 is 10.7 Å². The van der Waals surface area contributed by atoms with E-state index in [2.05, 4.69) is 0 Å². The lowest BCUT2D eigenvalue weighted by atomic mass is 10.1. The SMILES string of the molecule is NCc1c(C(F)F)c[nH]c(=O)c1[N+](=O)[O-]. The van der Waals surface area contributed by atoms with Crippen molar-refractivity contribution in [2.45, 2.75) is 13.0 Å². The van der Waals surface area contributed by atoms with Crippen molar-refractivity contribution in [1.82, 2.24) is 4.98 Å². The van der Waals surface area contributed by atoms with Gasteiger partial charge in [0.25, 0.3) is 6.43 Å². The van der Waals surface area contributed by atoms with Gasteiger partial charge in [-0.05, 0) is 0 Å². The van der Waals surface area contributed by atoms with Gasteiger partial charge in [0, 0.05) is 18.3 Å². The average Bonchev–Trinajstić information content (AvgIpc) is 2.15. The van der Waals surface area contributed by atoms with Gasteiger partial charge in [-0.3, -0.25) is 14.9 Å². The van der Waals surface area contributed by atoms with E-state index >= 15 is 0 Å². The number of nitro groups is 1. The molecule has 0 saturated carbocycles. The van der Waals surface area contributed by atoms with Crippen LogP contribution in [0.1, 0.15) is 17.6 Å². The van der Waals surface area contributed by atoms with Crippen LogP contribution in [0.4, 0.5) is 14.5 Å². The molecule has 1 aromatic rings. The summed E-state index contributed by atoms with van der Waals surface area (Å²) in [7, 11) is 0. The molecule has 3 N–H and O–H groups in total. The van der Waals surface area contributed by atoms with Gasteiger partial charge in [-0.2, -0.15) is 0 Å². The highest BCUT2D eigenvalue weighted by Crippen LogP contribution is 2.25. The summed E-state index contributed by atoms with van der Waals surface area (Å²) in [4.78, 5) is 22.3. The van der Waals surface area contributed by atoms with Gasteiger partial charge in [-0.25, -0.2) is 8.78 Å². The predicted octanol–water partition coefficient (Wildman–Crippen LogP) is 0.679. The number of alkyl halides is 2. The minimum absolute atomic E-state index is 0.432. The van der Waals surface area contributed by atoms with Crippen LogP contribution in [0.5, 0.6) is 0 Å². The van der Waals surface area contributed by atoms with E-state index in [0.717, 1.165) is 6.20 Å². The number of aromatic amines is 1. The Labute approximate surface area is 81.9 Å². The minimum Gasteiger partial charge on any atom is -0.326 e.